The number of aryl methyl sites for hydroxylation is 1. The lowest BCUT2D eigenvalue weighted by atomic mass is 9.81. The Hall–Kier alpha value is -3.06. The first-order valence-electron chi connectivity index (χ1n) is 9.61. The summed E-state index contributed by atoms with van der Waals surface area (Å²) < 4.78 is 2.33. The second-order valence-electron chi connectivity index (χ2n) is 8.36. The quantitative estimate of drug-likeness (QED) is 0.290. The Labute approximate surface area is 158 Å². The molecule has 0 bridgehead atoms. The van der Waals surface area contributed by atoms with E-state index in [1.165, 1.54) is 54.8 Å². The first kappa shape index (κ1) is 15.0. The maximum atomic E-state index is 2.43. The van der Waals surface area contributed by atoms with Gasteiger partial charge in [-0.05, 0) is 63.4 Å². The summed E-state index contributed by atoms with van der Waals surface area (Å²) in [6, 6.07) is 27.1. The van der Waals surface area contributed by atoms with E-state index in [9.17, 15) is 0 Å². The number of fused-ring (bicyclic) bond motifs is 7. The van der Waals surface area contributed by atoms with Crippen LogP contribution in [0.3, 0.4) is 0 Å². The summed E-state index contributed by atoms with van der Waals surface area (Å²) in [5, 5.41) is 5.33. The first-order chi connectivity index (χ1) is 13.1. The summed E-state index contributed by atoms with van der Waals surface area (Å²) in [7, 11) is 2.18. The Morgan fingerprint density at radius 1 is 0.630 bits per heavy atom. The number of aromatic nitrogens is 1. The number of hydrogen-bond acceptors (Lipinski definition) is 0. The molecule has 0 saturated carbocycles. The molecular formula is C26H21N. The molecule has 0 N–H and O–H groups in total. The fourth-order valence-corrected chi connectivity index (χ4v) is 5.07. The third-order valence-corrected chi connectivity index (χ3v) is 6.58. The van der Waals surface area contributed by atoms with Crippen molar-refractivity contribution in [2.24, 2.45) is 7.05 Å². The van der Waals surface area contributed by atoms with Crippen molar-refractivity contribution < 1.29 is 0 Å². The van der Waals surface area contributed by atoms with Crippen LogP contribution in [0, 0.1) is 0 Å². The molecule has 1 heteroatoms. The lowest BCUT2D eigenvalue weighted by molar-refractivity contribution is 0.661. The van der Waals surface area contributed by atoms with Gasteiger partial charge >= 0.3 is 0 Å². The second-order valence-corrected chi connectivity index (χ2v) is 8.36. The SMILES string of the molecule is Cn1c2ccccc2c2cc3c(cc21)C(C)(C)c1cc2ccccc2cc1-3. The van der Waals surface area contributed by atoms with Crippen LogP contribution < -0.4 is 0 Å². The van der Waals surface area contributed by atoms with Gasteiger partial charge in [0, 0.05) is 34.3 Å². The summed E-state index contributed by atoms with van der Waals surface area (Å²) in [5.41, 5.74) is 8.29. The highest BCUT2D eigenvalue weighted by Gasteiger charge is 2.36. The largest absolute Gasteiger partial charge is 0.344 e. The Kier molecular flexibility index (Phi) is 2.68. The lowest BCUT2D eigenvalue weighted by Gasteiger charge is -2.22. The molecular weight excluding hydrogens is 326 g/mol. The monoisotopic (exact) mass is 347 g/mol. The third kappa shape index (κ3) is 1.79. The molecule has 5 aromatic rings. The highest BCUT2D eigenvalue weighted by atomic mass is 14.9. The maximum Gasteiger partial charge on any atom is 0.0492 e. The summed E-state index contributed by atoms with van der Waals surface area (Å²) in [6.45, 7) is 4.72. The van der Waals surface area contributed by atoms with Crippen LogP contribution in [-0.4, -0.2) is 4.57 Å². The van der Waals surface area contributed by atoms with Crippen LogP contribution in [0.1, 0.15) is 25.0 Å². The van der Waals surface area contributed by atoms with E-state index in [0.717, 1.165) is 0 Å². The van der Waals surface area contributed by atoms with Gasteiger partial charge in [-0.1, -0.05) is 56.3 Å². The fourth-order valence-electron chi connectivity index (χ4n) is 5.07. The number of nitrogens with zero attached hydrogens (tertiary/aromatic N) is 1. The normalized spacial score (nSPS) is 14.8. The molecule has 0 radical (unpaired) electrons. The van der Waals surface area contributed by atoms with Crippen LogP contribution in [0.4, 0.5) is 0 Å². The molecule has 130 valence electrons. The van der Waals surface area contributed by atoms with Crippen molar-refractivity contribution in [3.05, 3.63) is 83.9 Å². The minimum Gasteiger partial charge on any atom is -0.344 e. The predicted octanol–water partition coefficient (Wildman–Crippen LogP) is 6.79. The molecule has 6 rings (SSSR count). The summed E-state index contributed by atoms with van der Waals surface area (Å²) >= 11 is 0. The number of para-hydroxylation sites is 1. The van der Waals surface area contributed by atoms with Gasteiger partial charge in [0.05, 0.1) is 0 Å². The van der Waals surface area contributed by atoms with Crippen LogP contribution in [0.25, 0.3) is 43.7 Å². The average Bonchev–Trinajstić information content (AvgIpc) is 3.09. The van der Waals surface area contributed by atoms with Crippen molar-refractivity contribution in [3.8, 4) is 11.1 Å². The van der Waals surface area contributed by atoms with Gasteiger partial charge in [-0.15, -0.1) is 0 Å². The maximum absolute atomic E-state index is 2.43. The van der Waals surface area contributed by atoms with E-state index in [4.69, 9.17) is 0 Å². The second kappa shape index (κ2) is 4.80. The van der Waals surface area contributed by atoms with Gasteiger partial charge in [0.15, 0.2) is 0 Å². The van der Waals surface area contributed by atoms with E-state index in [1.807, 2.05) is 0 Å². The van der Waals surface area contributed by atoms with E-state index in [-0.39, 0.29) is 5.41 Å². The Balaban J connectivity index is 1.78. The van der Waals surface area contributed by atoms with Crippen LogP contribution in [0.15, 0.2) is 72.8 Å². The fraction of sp³-hybridized carbons (Fsp3) is 0.154. The van der Waals surface area contributed by atoms with Crippen molar-refractivity contribution in [3.63, 3.8) is 0 Å². The smallest absolute Gasteiger partial charge is 0.0492 e. The number of hydrogen-bond donors (Lipinski definition) is 0. The van der Waals surface area contributed by atoms with Crippen molar-refractivity contribution in [2.75, 3.05) is 0 Å². The molecule has 0 saturated heterocycles. The third-order valence-electron chi connectivity index (χ3n) is 6.58. The minimum absolute atomic E-state index is 0.0132. The zero-order valence-electron chi connectivity index (χ0n) is 15.9. The molecule has 0 amide bonds. The summed E-state index contributed by atoms with van der Waals surface area (Å²) in [4.78, 5) is 0. The Morgan fingerprint density at radius 2 is 1.26 bits per heavy atom. The topological polar surface area (TPSA) is 4.93 Å². The van der Waals surface area contributed by atoms with Gasteiger partial charge in [-0.3, -0.25) is 0 Å². The van der Waals surface area contributed by atoms with Crippen LogP contribution in [-0.2, 0) is 12.5 Å². The molecule has 0 aliphatic heterocycles. The van der Waals surface area contributed by atoms with Crippen LogP contribution in [0.2, 0.25) is 0 Å². The molecule has 1 aliphatic carbocycles. The van der Waals surface area contributed by atoms with Crippen molar-refractivity contribution >= 4 is 32.6 Å². The summed E-state index contributed by atoms with van der Waals surface area (Å²) in [5.74, 6) is 0. The standard InChI is InChI=1S/C26H21N/c1-26(2)22-13-17-9-5-4-8-16(17)12-19(22)20-14-21-18-10-6-7-11-24(18)27(3)25(21)15-23(20)26/h4-15H,1-3H3. The molecule has 0 atom stereocenters. The average molecular weight is 347 g/mol. The summed E-state index contributed by atoms with van der Waals surface area (Å²) in [6.07, 6.45) is 0. The van der Waals surface area contributed by atoms with Crippen LogP contribution >= 0.6 is 0 Å². The zero-order valence-corrected chi connectivity index (χ0v) is 15.9. The van der Waals surface area contributed by atoms with Gasteiger partial charge in [0.1, 0.15) is 0 Å². The molecule has 0 fully saturated rings. The molecule has 1 aliphatic rings. The molecule has 0 spiro atoms. The minimum atomic E-state index is 0.0132. The molecule has 1 aromatic heterocycles. The van der Waals surface area contributed by atoms with Gasteiger partial charge in [0.2, 0.25) is 0 Å². The van der Waals surface area contributed by atoms with Crippen LogP contribution in [0.5, 0.6) is 0 Å². The van der Waals surface area contributed by atoms with Crippen molar-refractivity contribution in [1.82, 2.24) is 4.57 Å². The Bertz CT molecular complexity index is 1400. The van der Waals surface area contributed by atoms with Gasteiger partial charge < -0.3 is 4.57 Å². The predicted molar refractivity (Wildman–Crippen MR) is 115 cm³/mol. The van der Waals surface area contributed by atoms with E-state index in [2.05, 4.69) is 98.3 Å². The van der Waals surface area contributed by atoms with E-state index >= 15 is 0 Å². The first-order valence-corrected chi connectivity index (χ1v) is 9.61. The molecule has 1 nitrogen and oxygen atoms in total. The van der Waals surface area contributed by atoms with Gasteiger partial charge in [0.25, 0.3) is 0 Å². The zero-order chi connectivity index (χ0) is 18.3. The van der Waals surface area contributed by atoms with Gasteiger partial charge in [-0.25, -0.2) is 0 Å². The highest BCUT2D eigenvalue weighted by molar-refractivity contribution is 6.10. The van der Waals surface area contributed by atoms with E-state index in [1.54, 1.807) is 0 Å². The van der Waals surface area contributed by atoms with Gasteiger partial charge in [-0.2, -0.15) is 0 Å². The highest BCUT2D eigenvalue weighted by Crippen LogP contribution is 2.51. The molecule has 27 heavy (non-hydrogen) atoms. The Morgan fingerprint density at radius 3 is 2.07 bits per heavy atom. The molecule has 0 unspecified atom stereocenters. The number of benzene rings is 4. The molecule has 1 heterocycles. The molecule has 4 aromatic carbocycles. The van der Waals surface area contributed by atoms with E-state index < -0.39 is 0 Å². The van der Waals surface area contributed by atoms with Crippen molar-refractivity contribution in [1.29, 1.82) is 0 Å². The lowest BCUT2D eigenvalue weighted by Crippen LogP contribution is -2.15. The van der Waals surface area contributed by atoms with Crippen molar-refractivity contribution in [2.45, 2.75) is 19.3 Å². The van der Waals surface area contributed by atoms with E-state index in [0.29, 0.717) is 0 Å². The number of rotatable bonds is 0.